The highest BCUT2D eigenvalue weighted by atomic mass is 16.3. The summed E-state index contributed by atoms with van der Waals surface area (Å²) in [5.41, 5.74) is 5.57. The number of para-hydroxylation sites is 1. The Morgan fingerprint density at radius 1 is 1.14 bits per heavy atom. The topological polar surface area (TPSA) is 61.7 Å². The zero-order valence-corrected chi connectivity index (χ0v) is 12.1. The number of nitrogens with zero attached hydrogens (tertiary/aromatic N) is 1. The Kier molecular flexibility index (Phi) is 4.72. The highest BCUT2D eigenvalue weighted by molar-refractivity contribution is 6.01. The van der Waals surface area contributed by atoms with E-state index in [4.69, 9.17) is 0 Å². The number of nitrogens with one attached hydrogen (secondary N) is 1. The van der Waals surface area contributed by atoms with Crippen LogP contribution in [0.1, 0.15) is 35.3 Å². The van der Waals surface area contributed by atoms with Crippen molar-refractivity contribution in [2.24, 2.45) is 5.10 Å². The number of hydrogen-bond donors (Lipinski definition) is 2. The fourth-order valence-electron chi connectivity index (χ4n) is 1.91. The van der Waals surface area contributed by atoms with Crippen LogP contribution in [0.4, 0.5) is 0 Å². The van der Waals surface area contributed by atoms with Gasteiger partial charge in [-0.25, -0.2) is 5.43 Å². The van der Waals surface area contributed by atoms with Crippen molar-refractivity contribution < 1.29 is 9.90 Å². The predicted molar refractivity (Wildman–Crippen MR) is 83.6 cm³/mol. The van der Waals surface area contributed by atoms with Gasteiger partial charge in [-0.15, -0.1) is 0 Å². The van der Waals surface area contributed by atoms with Gasteiger partial charge in [0.15, 0.2) is 0 Å². The predicted octanol–water partition coefficient (Wildman–Crippen LogP) is 3.11. The first-order valence-corrected chi connectivity index (χ1v) is 6.83. The van der Waals surface area contributed by atoms with Crippen LogP contribution in [0, 0.1) is 0 Å². The lowest BCUT2D eigenvalue weighted by Crippen LogP contribution is -2.19. The van der Waals surface area contributed by atoms with Gasteiger partial charge in [-0.1, -0.05) is 43.3 Å². The molecule has 0 radical (unpaired) electrons. The number of hydrazone groups is 1. The summed E-state index contributed by atoms with van der Waals surface area (Å²) < 4.78 is 0. The van der Waals surface area contributed by atoms with Gasteiger partial charge in [0.05, 0.1) is 11.3 Å². The molecule has 0 fully saturated rings. The van der Waals surface area contributed by atoms with E-state index >= 15 is 0 Å². The van der Waals surface area contributed by atoms with E-state index in [1.807, 2.05) is 31.2 Å². The maximum Gasteiger partial charge on any atom is 0.275 e. The van der Waals surface area contributed by atoms with Gasteiger partial charge in [-0.2, -0.15) is 5.10 Å². The molecule has 0 aliphatic rings. The number of aryl methyl sites for hydroxylation is 1. The molecular formula is C17H18N2O2. The summed E-state index contributed by atoms with van der Waals surface area (Å²) in [4.78, 5) is 11.9. The Labute approximate surface area is 124 Å². The van der Waals surface area contributed by atoms with Crippen LogP contribution in [0.3, 0.4) is 0 Å². The number of carbonyl (C=O) groups is 1. The number of amides is 1. The molecule has 0 atom stereocenters. The third-order valence-electron chi connectivity index (χ3n) is 3.25. The average molecular weight is 282 g/mol. The van der Waals surface area contributed by atoms with Crippen LogP contribution >= 0.6 is 0 Å². The molecule has 2 aromatic carbocycles. The minimum absolute atomic E-state index is 0.0600. The molecule has 0 aromatic heterocycles. The van der Waals surface area contributed by atoms with Crippen molar-refractivity contribution in [3.8, 4) is 5.75 Å². The zero-order chi connectivity index (χ0) is 15.2. The maximum atomic E-state index is 11.9. The van der Waals surface area contributed by atoms with Crippen molar-refractivity contribution in [2.45, 2.75) is 20.3 Å². The second kappa shape index (κ2) is 6.70. The molecule has 2 N–H and O–H groups in total. The van der Waals surface area contributed by atoms with Gasteiger partial charge in [-0.3, -0.25) is 4.79 Å². The standard InChI is InChI=1S/C17H18N2O2/c1-3-13-8-10-14(11-9-13)12(2)18-19-17(21)15-6-4-5-7-16(15)20/h4-11,20H,3H2,1-2H3,(H,19,21). The summed E-state index contributed by atoms with van der Waals surface area (Å²) in [6, 6.07) is 14.4. The summed E-state index contributed by atoms with van der Waals surface area (Å²) >= 11 is 0. The number of carbonyl (C=O) groups excluding carboxylic acids is 1. The molecule has 0 aliphatic carbocycles. The summed E-state index contributed by atoms with van der Waals surface area (Å²) in [7, 11) is 0. The highest BCUT2D eigenvalue weighted by Crippen LogP contribution is 2.15. The van der Waals surface area contributed by atoms with E-state index in [9.17, 15) is 9.90 Å². The highest BCUT2D eigenvalue weighted by Gasteiger charge is 2.09. The first-order chi connectivity index (χ1) is 10.1. The molecule has 2 rings (SSSR count). The Balaban J connectivity index is 2.09. The summed E-state index contributed by atoms with van der Waals surface area (Å²) in [5.74, 6) is -0.493. The Morgan fingerprint density at radius 3 is 2.43 bits per heavy atom. The number of rotatable bonds is 4. The van der Waals surface area contributed by atoms with E-state index in [2.05, 4.69) is 17.5 Å². The van der Waals surface area contributed by atoms with Crippen molar-refractivity contribution in [1.29, 1.82) is 0 Å². The molecule has 4 heteroatoms. The molecule has 0 saturated heterocycles. The fraction of sp³-hybridized carbons (Fsp3) is 0.176. The van der Waals surface area contributed by atoms with Crippen LogP contribution in [0.2, 0.25) is 0 Å². The van der Waals surface area contributed by atoms with E-state index < -0.39 is 5.91 Å². The van der Waals surface area contributed by atoms with Crippen LogP contribution in [0.25, 0.3) is 0 Å². The van der Waals surface area contributed by atoms with Gasteiger partial charge in [0.2, 0.25) is 0 Å². The van der Waals surface area contributed by atoms with Crippen molar-refractivity contribution in [3.63, 3.8) is 0 Å². The third kappa shape index (κ3) is 3.69. The molecule has 2 aromatic rings. The van der Waals surface area contributed by atoms with Crippen LogP contribution in [0.5, 0.6) is 5.75 Å². The van der Waals surface area contributed by atoms with Crippen molar-refractivity contribution in [2.75, 3.05) is 0 Å². The largest absolute Gasteiger partial charge is 0.507 e. The molecular weight excluding hydrogens is 264 g/mol. The molecule has 21 heavy (non-hydrogen) atoms. The van der Waals surface area contributed by atoms with Gasteiger partial charge in [0, 0.05) is 0 Å². The second-order valence-corrected chi connectivity index (χ2v) is 4.71. The molecule has 1 amide bonds. The number of benzene rings is 2. The van der Waals surface area contributed by atoms with Crippen molar-refractivity contribution >= 4 is 11.6 Å². The first-order valence-electron chi connectivity index (χ1n) is 6.83. The number of phenols is 1. The number of hydrogen-bond acceptors (Lipinski definition) is 3. The van der Waals surface area contributed by atoms with Crippen LogP contribution in [0.15, 0.2) is 53.6 Å². The summed E-state index contributed by atoms with van der Waals surface area (Å²) in [6.07, 6.45) is 0.987. The maximum absolute atomic E-state index is 11.9. The van der Waals surface area contributed by atoms with Gasteiger partial charge < -0.3 is 5.11 Å². The van der Waals surface area contributed by atoms with Crippen LogP contribution in [-0.4, -0.2) is 16.7 Å². The SMILES string of the molecule is CCc1ccc(C(C)=NNC(=O)c2ccccc2O)cc1. The third-order valence-corrected chi connectivity index (χ3v) is 3.25. The quantitative estimate of drug-likeness (QED) is 0.668. The van der Waals surface area contributed by atoms with Gasteiger partial charge in [0.1, 0.15) is 5.75 Å². The fourth-order valence-corrected chi connectivity index (χ4v) is 1.91. The van der Waals surface area contributed by atoms with Gasteiger partial charge in [0.25, 0.3) is 5.91 Å². The lowest BCUT2D eigenvalue weighted by atomic mass is 10.1. The van der Waals surface area contributed by atoms with E-state index in [0.29, 0.717) is 5.71 Å². The van der Waals surface area contributed by atoms with Crippen molar-refractivity contribution in [3.05, 3.63) is 65.2 Å². The molecule has 0 spiro atoms. The molecule has 108 valence electrons. The molecule has 0 heterocycles. The van der Waals surface area contributed by atoms with Gasteiger partial charge >= 0.3 is 0 Å². The molecule has 4 nitrogen and oxygen atoms in total. The van der Waals surface area contributed by atoms with Crippen LogP contribution < -0.4 is 5.43 Å². The van der Waals surface area contributed by atoms with E-state index in [1.165, 1.54) is 11.6 Å². The zero-order valence-electron chi connectivity index (χ0n) is 12.1. The monoisotopic (exact) mass is 282 g/mol. The Bertz CT molecular complexity index is 661. The summed E-state index contributed by atoms with van der Waals surface area (Å²) in [6.45, 7) is 3.93. The number of aromatic hydroxyl groups is 1. The minimum atomic E-state index is -0.433. The lowest BCUT2D eigenvalue weighted by molar-refractivity contribution is 0.0952. The normalized spacial score (nSPS) is 11.2. The lowest BCUT2D eigenvalue weighted by Gasteiger charge is -2.05. The average Bonchev–Trinajstić information content (AvgIpc) is 2.52. The van der Waals surface area contributed by atoms with Crippen molar-refractivity contribution in [1.82, 2.24) is 5.43 Å². The number of phenolic OH excluding ortho intramolecular Hbond substituents is 1. The Hall–Kier alpha value is -2.62. The van der Waals surface area contributed by atoms with Crippen LogP contribution in [-0.2, 0) is 6.42 Å². The molecule has 0 aliphatic heterocycles. The summed E-state index contributed by atoms with van der Waals surface area (Å²) in [5, 5.41) is 13.7. The minimum Gasteiger partial charge on any atom is -0.507 e. The Morgan fingerprint density at radius 2 is 1.81 bits per heavy atom. The van der Waals surface area contributed by atoms with Gasteiger partial charge in [-0.05, 0) is 36.6 Å². The molecule has 0 saturated carbocycles. The first kappa shape index (κ1) is 14.8. The van der Waals surface area contributed by atoms with E-state index in [0.717, 1.165) is 12.0 Å². The second-order valence-electron chi connectivity index (χ2n) is 4.71. The van der Waals surface area contributed by atoms with E-state index in [1.54, 1.807) is 18.2 Å². The molecule has 0 unspecified atom stereocenters. The smallest absolute Gasteiger partial charge is 0.275 e. The van der Waals surface area contributed by atoms with E-state index in [-0.39, 0.29) is 11.3 Å². The molecule has 0 bridgehead atoms.